The number of aromatic nitrogens is 4. The maximum atomic E-state index is 5.55. The van der Waals surface area contributed by atoms with Crippen molar-refractivity contribution in [2.45, 2.75) is 19.3 Å². The molecule has 0 amide bonds. The van der Waals surface area contributed by atoms with Gasteiger partial charge in [-0.1, -0.05) is 153 Å². The standard InChI is InChI=1S/C51H34N4/c1-51(2)39-24-12-8-22-36(39)47-40(51)29-28-38-46-35-21-7-6-20-34(35)44(54-42-26-14-10-18-32(42)33-19-11-15-27-43(33)54)30-45(46)55(48(38)47)50-37-23-9-13-25-41(37)52-49(53-50)31-16-4-3-5-17-31/h3-30H,1-2H3. The van der Waals surface area contributed by atoms with Crippen LogP contribution >= 0.6 is 0 Å². The van der Waals surface area contributed by atoms with Gasteiger partial charge in [-0.15, -0.1) is 0 Å². The van der Waals surface area contributed by atoms with Gasteiger partial charge in [0.15, 0.2) is 5.82 Å². The molecule has 55 heavy (non-hydrogen) atoms. The molecule has 0 unspecified atom stereocenters. The molecule has 11 aromatic rings. The van der Waals surface area contributed by atoms with E-state index in [2.05, 4.69) is 187 Å². The number of para-hydroxylation sites is 3. The number of benzene rings is 8. The van der Waals surface area contributed by atoms with Gasteiger partial charge in [-0.05, 0) is 52.4 Å². The van der Waals surface area contributed by atoms with Gasteiger partial charge >= 0.3 is 0 Å². The van der Waals surface area contributed by atoms with Crippen LogP contribution in [0.5, 0.6) is 0 Å². The Morgan fingerprint density at radius 2 is 1.07 bits per heavy atom. The van der Waals surface area contributed by atoms with Crippen molar-refractivity contribution in [3.63, 3.8) is 0 Å². The largest absolute Gasteiger partial charge is 0.309 e. The summed E-state index contributed by atoms with van der Waals surface area (Å²) < 4.78 is 4.94. The van der Waals surface area contributed by atoms with Crippen molar-refractivity contribution in [2.24, 2.45) is 0 Å². The Hall–Kier alpha value is -7.04. The van der Waals surface area contributed by atoms with Crippen LogP contribution in [-0.2, 0) is 5.41 Å². The van der Waals surface area contributed by atoms with Crippen molar-refractivity contribution in [1.82, 2.24) is 19.1 Å². The van der Waals surface area contributed by atoms with Crippen LogP contribution in [0, 0.1) is 0 Å². The number of rotatable bonds is 3. The smallest absolute Gasteiger partial charge is 0.162 e. The van der Waals surface area contributed by atoms with Gasteiger partial charge in [-0.25, -0.2) is 9.97 Å². The summed E-state index contributed by atoms with van der Waals surface area (Å²) in [5, 5.41) is 8.37. The van der Waals surface area contributed by atoms with Crippen molar-refractivity contribution >= 4 is 65.3 Å². The fourth-order valence-corrected chi connectivity index (χ4v) is 9.67. The second kappa shape index (κ2) is 11.0. The van der Waals surface area contributed by atoms with Gasteiger partial charge in [0, 0.05) is 48.9 Å². The van der Waals surface area contributed by atoms with Crippen LogP contribution in [0.1, 0.15) is 25.0 Å². The Balaban J connectivity index is 1.34. The Labute approximate surface area is 317 Å². The summed E-state index contributed by atoms with van der Waals surface area (Å²) in [6.07, 6.45) is 0. The van der Waals surface area contributed by atoms with Gasteiger partial charge in [-0.2, -0.15) is 0 Å². The molecule has 3 heterocycles. The predicted molar refractivity (Wildman–Crippen MR) is 229 cm³/mol. The van der Waals surface area contributed by atoms with E-state index in [4.69, 9.17) is 9.97 Å². The topological polar surface area (TPSA) is 35.6 Å². The van der Waals surface area contributed by atoms with Crippen LogP contribution in [0.15, 0.2) is 170 Å². The minimum atomic E-state index is -0.166. The molecule has 0 saturated carbocycles. The molecule has 4 heteroatoms. The maximum absolute atomic E-state index is 5.55. The third-order valence-electron chi connectivity index (χ3n) is 12.1. The van der Waals surface area contributed by atoms with Crippen molar-refractivity contribution in [1.29, 1.82) is 0 Å². The lowest BCUT2D eigenvalue weighted by Crippen LogP contribution is -2.14. The predicted octanol–water partition coefficient (Wildman–Crippen LogP) is 13.0. The highest BCUT2D eigenvalue weighted by Crippen LogP contribution is 2.54. The summed E-state index contributed by atoms with van der Waals surface area (Å²) in [6, 6.07) is 61.5. The van der Waals surface area contributed by atoms with Crippen LogP contribution in [-0.4, -0.2) is 19.1 Å². The molecule has 4 nitrogen and oxygen atoms in total. The van der Waals surface area contributed by atoms with Gasteiger partial charge in [0.05, 0.1) is 33.3 Å². The Bertz CT molecular complexity index is 3350. The van der Waals surface area contributed by atoms with E-state index in [0.717, 1.165) is 33.5 Å². The second-order valence-corrected chi connectivity index (χ2v) is 15.3. The molecule has 0 saturated heterocycles. The third kappa shape index (κ3) is 4.06. The van der Waals surface area contributed by atoms with E-state index >= 15 is 0 Å². The Morgan fingerprint density at radius 1 is 0.455 bits per heavy atom. The average molecular weight is 703 g/mol. The molecule has 12 rings (SSSR count). The molecule has 8 aromatic carbocycles. The fourth-order valence-electron chi connectivity index (χ4n) is 9.67. The molecule has 0 N–H and O–H groups in total. The Kier molecular flexibility index (Phi) is 6.09. The first kappa shape index (κ1) is 30.4. The van der Waals surface area contributed by atoms with Gasteiger partial charge < -0.3 is 4.57 Å². The molecule has 0 spiro atoms. The highest BCUT2D eigenvalue weighted by molar-refractivity contribution is 6.26. The molecule has 0 radical (unpaired) electrons. The van der Waals surface area contributed by atoms with Crippen molar-refractivity contribution in [3.8, 4) is 34.0 Å². The lowest BCUT2D eigenvalue weighted by atomic mass is 9.82. The fraction of sp³-hybridized carbons (Fsp3) is 0.0588. The number of fused-ring (bicyclic) bond motifs is 13. The van der Waals surface area contributed by atoms with Gasteiger partial charge in [-0.3, -0.25) is 4.57 Å². The lowest BCUT2D eigenvalue weighted by molar-refractivity contribution is 0.661. The summed E-state index contributed by atoms with van der Waals surface area (Å²) in [5.74, 6) is 1.59. The molecule has 1 aliphatic carbocycles. The highest BCUT2D eigenvalue weighted by atomic mass is 15.1. The first-order valence-corrected chi connectivity index (χ1v) is 19.0. The van der Waals surface area contributed by atoms with E-state index in [1.54, 1.807) is 0 Å². The molecule has 258 valence electrons. The van der Waals surface area contributed by atoms with E-state index in [1.807, 2.05) is 6.07 Å². The number of hydrogen-bond donors (Lipinski definition) is 0. The first-order chi connectivity index (χ1) is 27.1. The quantitative estimate of drug-likeness (QED) is 0.184. The molecule has 3 aromatic heterocycles. The van der Waals surface area contributed by atoms with Crippen LogP contribution in [0.2, 0.25) is 0 Å². The van der Waals surface area contributed by atoms with Crippen LogP contribution < -0.4 is 0 Å². The van der Waals surface area contributed by atoms with Crippen molar-refractivity contribution in [3.05, 3.63) is 181 Å². The Morgan fingerprint density at radius 3 is 1.84 bits per heavy atom. The molecular weight excluding hydrogens is 669 g/mol. The zero-order valence-corrected chi connectivity index (χ0v) is 30.5. The van der Waals surface area contributed by atoms with Crippen LogP contribution in [0.25, 0.3) is 99.3 Å². The zero-order valence-electron chi connectivity index (χ0n) is 30.5. The van der Waals surface area contributed by atoms with E-state index in [9.17, 15) is 0 Å². The molecular formula is C51H34N4. The average Bonchev–Trinajstić information content (AvgIpc) is 3.83. The summed E-state index contributed by atoms with van der Waals surface area (Å²) in [4.78, 5) is 10.7. The molecule has 0 atom stereocenters. The van der Waals surface area contributed by atoms with Gasteiger partial charge in [0.25, 0.3) is 0 Å². The summed E-state index contributed by atoms with van der Waals surface area (Å²) >= 11 is 0. The van der Waals surface area contributed by atoms with Crippen molar-refractivity contribution in [2.75, 3.05) is 0 Å². The molecule has 0 fully saturated rings. The van der Waals surface area contributed by atoms with Crippen LogP contribution in [0.3, 0.4) is 0 Å². The molecule has 0 bridgehead atoms. The zero-order chi connectivity index (χ0) is 36.4. The highest BCUT2D eigenvalue weighted by Gasteiger charge is 2.38. The van der Waals surface area contributed by atoms with E-state index in [1.165, 1.54) is 71.1 Å². The SMILES string of the molecule is CC1(C)c2ccccc2-c2c1ccc1c3c4ccccc4c(-n4c5ccccc5c5ccccc54)cc3n(-c3nc(-c4ccccc4)nc4ccccc34)c21. The number of nitrogens with zero attached hydrogens (tertiary/aromatic N) is 4. The van der Waals surface area contributed by atoms with Crippen molar-refractivity contribution < 1.29 is 0 Å². The number of hydrogen-bond acceptors (Lipinski definition) is 2. The lowest BCUT2D eigenvalue weighted by Gasteiger charge is -2.21. The minimum absolute atomic E-state index is 0.166. The van der Waals surface area contributed by atoms with E-state index < -0.39 is 0 Å². The third-order valence-corrected chi connectivity index (χ3v) is 12.1. The monoisotopic (exact) mass is 702 g/mol. The molecule has 0 aliphatic heterocycles. The van der Waals surface area contributed by atoms with E-state index in [-0.39, 0.29) is 5.41 Å². The van der Waals surface area contributed by atoms with Gasteiger partial charge in [0.2, 0.25) is 0 Å². The van der Waals surface area contributed by atoms with Crippen LogP contribution in [0.4, 0.5) is 0 Å². The van der Waals surface area contributed by atoms with Gasteiger partial charge in [0.1, 0.15) is 5.82 Å². The summed E-state index contributed by atoms with van der Waals surface area (Å²) in [6.45, 7) is 4.72. The summed E-state index contributed by atoms with van der Waals surface area (Å²) in [7, 11) is 0. The maximum Gasteiger partial charge on any atom is 0.162 e. The first-order valence-electron chi connectivity index (χ1n) is 19.0. The normalized spacial score (nSPS) is 13.4. The summed E-state index contributed by atoms with van der Waals surface area (Å²) in [5.41, 5.74) is 12.8. The second-order valence-electron chi connectivity index (χ2n) is 15.3. The minimum Gasteiger partial charge on any atom is -0.309 e. The van der Waals surface area contributed by atoms with E-state index in [0.29, 0.717) is 5.82 Å². The molecule has 1 aliphatic rings.